The SMILES string of the molecule is COc1cc(-c2cnc3cc(OCc4ccnn4C)ccn23)cc2c1C(=O)N(CC(F)(F)F)CC2. The van der Waals surface area contributed by atoms with E-state index in [1.807, 2.05) is 41.9 Å². The number of benzene rings is 1. The molecule has 11 heteroatoms. The highest BCUT2D eigenvalue weighted by atomic mass is 19.4. The molecular formula is C24H22F3N5O3. The number of alkyl halides is 3. The lowest BCUT2D eigenvalue weighted by Crippen LogP contribution is -2.43. The molecule has 3 aromatic heterocycles. The fourth-order valence-corrected chi connectivity index (χ4v) is 4.27. The smallest absolute Gasteiger partial charge is 0.406 e. The zero-order valence-electron chi connectivity index (χ0n) is 19.0. The number of pyridine rings is 1. The van der Waals surface area contributed by atoms with Gasteiger partial charge in [0.2, 0.25) is 0 Å². The number of imidazole rings is 1. The van der Waals surface area contributed by atoms with Crippen molar-refractivity contribution in [2.75, 3.05) is 20.2 Å². The molecule has 1 amide bonds. The molecule has 4 aromatic rings. The summed E-state index contributed by atoms with van der Waals surface area (Å²) in [6.07, 6.45) is 1.07. The number of aromatic nitrogens is 4. The Morgan fingerprint density at radius 2 is 2.00 bits per heavy atom. The Balaban J connectivity index is 1.44. The van der Waals surface area contributed by atoms with Crippen LogP contribution in [0, 0.1) is 0 Å². The highest BCUT2D eigenvalue weighted by Crippen LogP contribution is 2.35. The molecule has 0 atom stereocenters. The van der Waals surface area contributed by atoms with Crippen molar-refractivity contribution in [2.24, 2.45) is 7.05 Å². The van der Waals surface area contributed by atoms with Crippen LogP contribution >= 0.6 is 0 Å². The van der Waals surface area contributed by atoms with Gasteiger partial charge in [0.25, 0.3) is 5.91 Å². The summed E-state index contributed by atoms with van der Waals surface area (Å²) in [7, 11) is 3.24. The topological polar surface area (TPSA) is 73.9 Å². The minimum atomic E-state index is -4.46. The fourth-order valence-electron chi connectivity index (χ4n) is 4.27. The van der Waals surface area contributed by atoms with Crippen LogP contribution in [0.15, 0.2) is 48.9 Å². The molecule has 0 unspecified atom stereocenters. The number of carbonyl (C=O) groups is 1. The van der Waals surface area contributed by atoms with Gasteiger partial charge in [-0.2, -0.15) is 18.3 Å². The Kier molecular flexibility index (Phi) is 5.62. The maximum Gasteiger partial charge on any atom is 0.406 e. The molecule has 0 saturated carbocycles. The van der Waals surface area contributed by atoms with Crippen molar-refractivity contribution in [2.45, 2.75) is 19.2 Å². The van der Waals surface area contributed by atoms with E-state index in [0.29, 0.717) is 30.0 Å². The Morgan fingerprint density at radius 1 is 1.17 bits per heavy atom. The maximum absolute atomic E-state index is 12.9. The molecule has 1 aliphatic heterocycles. The average Bonchev–Trinajstić information content (AvgIpc) is 3.43. The normalized spacial score (nSPS) is 13.9. The Hall–Kier alpha value is -4.02. The van der Waals surface area contributed by atoms with Gasteiger partial charge in [0, 0.05) is 37.6 Å². The quantitative estimate of drug-likeness (QED) is 0.415. The predicted octanol–water partition coefficient (Wildman–Crippen LogP) is 3.88. The summed E-state index contributed by atoms with van der Waals surface area (Å²) < 4.78 is 53.6. The largest absolute Gasteiger partial charge is 0.496 e. The van der Waals surface area contributed by atoms with Gasteiger partial charge in [0.1, 0.15) is 30.3 Å². The second-order valence-electron chi connectivity index (χ2n) is 8.27. The summed E-state index contributed by atoms with van der Waals surface area (Å²) in [4.78, 5) is 18.1. The fraction of sp³-hybridized carbons (Fsp3) is 0.292. The van der Waals surface area contributed by atoms with E-state index in [9.17, 15) is 18.0 Å². The van der Waals surface area contributed by atoms with E-state index in [0.717, 1.165) is 21.9 Å². The molecule has 0 saturated heterocycles. The first kappa shape index (κ1) is 22.8. The van der Waals surface area contributed by atoms with E-state index < -0.39 is 18.6 Å². The lowest BCUT2D eigenvalue weighted by molar-refractivity contribution is -0.141. The standard InChI is InChI=1S/C24H22F3N5O3/c1-30-17(3-6-29-30)13-35-18-5-8-32-19(12-28-21(32)11-18)16-9-15-4-7-31(14-24(25,26)27)23(33)22(15)20(10-16)34-2/h3,5-6,8-12H,4,7,13-14H2,1-2H3. The van der Waals surface area contributed by atoms with Gasteiger partial charge >= 0.3 is 6.18 Å². The van der Waals surface area contributed by atoms with E-state index in [1.54, 1.807) is 23.1 Å². The maximum atomic E-state index is 12.9. The molecule has 0 spiro atoms. The summed E-state index contributed by atoms with van der Waals surface area (Å²) >= 11 is 0. The number of carbonyl (C=O) groups excluding carboxylic acids is 1. The van der Waals surface area contributed by atoms with E-state index in [2.05, 4.69) is 10.1 Å². The number of amides is 1. The third kappa shape index (κ3) is 4.41. The molecule has 0 fully saturated rings. The van der Waals surface area contributed by atoms with Crippen molar-refractivity contribution in [1.29, 1.82) is 0 Å². The Morgan fingerprint density at radius 3 is 2.71 bits per heavy atom. The molecule has 1 aromatic carbocycles. The molecular weight excluding hydrogens is 463 g/mol. The summed E-state index contributed by atoms with van der Waals surface area (Å²) in [5.41, 5.74) is 3.91. The van der Waals surface area contributed by atoms with Gasteiger partial charge < -0.3 is 14.4 Å². The van der Waals surface area contributed by atoms with Crippen LogP contribution in [0.2, 0.25) is 0 Å². The first-order chi connectivity index (χ1) is 16.7. The van der Waals surface area contributed by atoms with Crippen molar-refractivity contribution in [1.82, 2.24) is 24.1 Å². The second-order valence-corrected chi connectivity index (χ2v) is 8.27. The van der Waals surface area contributed by atoms with E-state index in [-0.39, 0.29) is 17.9 Å². The van der Waals surface area contributed by atoms with Gasteiger partial charge in [-0.3, -0.25) is 13.9 Å². The molecule has 182 valence electrons. The van der Waals surface area contributed by atoms with Crippen LogP contribution < -0.4 is 9.47 Å². The summed E-state index contributed by atoms with van der Waals surface area (Å²) in [6.45, 7) is -0.932. The molecule has 0 N–H and O–H groups in total. The van der Waals surface area contributed by atoms with E-state index in [4.69, 9.17) is 9.47 Å². The lowest BCUT2D eigenvalue weighted by Gasteiger charge is -2.30. The van der Waals surface area contributed by atoms with Gasteiger partial charge in [-0.1, -0.05) is 0 Å². The third-order valence-electron chi connectivity index (χ3n) is 6.02. The van der Waals surface area contributed by atoms with Gasteiger partial charge in [0.05, 0.1) is 30.3 Å². The average molecular weight is 485 g/mol. The number of hydrogen-bond donors (Lipinski definition) is 0. The van der Waals surface area contributed by atoms with E-state index in [1.165, 1.54) is 7.11 Å². The van der Waals surface area contributed by atoms with Crippen LogP contribution in [0.3, 0.4) is 0 Å². The second kappa shape index (κ2) is 8.64. The molecule has 5 rings (SSSR count). The predicted molar refractivity (Wildman–Crippen MR) is 120 cm³/mol. The number of nitrogens with zero attached hydrogens (tertiary/aromatic N) is 5. The van der Waals surface area contributed by atoms with Crippen molar-refractivity contribution in [3.8, 4) is 22.8 Å². The monoisotopic (exact) mass is 485 g/mol. The van der Waals surface area contributed by atoms with Crippen LogP contribution in [0.1, 0.15) is 21.6 Å². The first-order valence-electron chi connectivity index (χ1n) is 10.9. The summed E-state index contributed by atoms with van der Waals surface area (Å²) in [5.74, 6) is 0.204. The molecule has 0 bridgehead atoms. The molecule has 0 radical (unpaired) electrons. The molecule has 1 aliphatic rings. The Bertz CT molecular complexity index is 1390. The zero-order valence-corrected chi connectivity index (χ0v) is 19.0. The molecule has 0 aliphatic carbocycles. The summed E-state index contributed by atoms with van der Waals surface area (Å²) in [5, 5.41) is 4.12. The number of fused-ring (bicyclic) bond motifs is 2. The Labute approximate surface area is 198 Å². The van der Waals surface area contributed by atoms with Gasteiger partial charge in [-0.05, 0) is 36.2 Å². The molecule has 4 heterocycles. The molecule has 8 nitrogen and oxygen atoms in total. The van der Waals surface area contributed by atoms with Crippen LogP contribution in [0.4, 0.5) is 13.2 Å². The highest BCUT2D eigenvalue weighted by molar-refractivity contribution is 6.00. The van der Waals surface area contributed by atoms with Crippen molar-refractivity contribution >= 4 is 11.6 Å². The number of hydrogen-bond acceptors (Lipinski definition) is 5. The van der Waals surface area contributed by atoms with Crippen molar-refractivity contribution in [3.63, 3.8) is 0 Å². The zero-order chi connectivity index (χ0) is 24.7. The minimum Gasteiger partial charge on any atom is -0.496 e. The van der Waals surface area contributed by atoms with Crippen LogP contribution in [0.5, 0.6) is 11.5 Å². The van der Waals surface area contributed by atoms with E-state index >= 15 is 0 Å². The number of methoxy groups -OCH3 is 1. The van der Waals surface area contributed by atoms with Crippen LogP contribution in [0.25, 0.3) is 16.9 Å². The summed E-state index contributed by atoms with van der Waals surface area (Å²) in [6, 6.07) is 8.99. The van der Waals surface area contributed by atoms with Gasteiger partial charge in [0.15, 0.2) is 0 Å². The van der Waals surface area contributed by atoms with Crippen LogP contribution in [-0.4, -0.2) is 56.3 Å². The highest BCUT2D eigenvalue weighted by Gasteiger charge is 2.37. The van der Waals surface area contributed by atoms with Crippen molar-refractivity contribution < 1.29 is 27.4 Å². The third-order valence-corrected chi connectivity index (χ3v) is 6.02. The molecule has 35 heavy (non-hydrogen) atoms. The van der Waals surface area contributed by atoms with Gasteiger partial charge in [-0.15, -0.1) is 0 Å². The minimum absolute atomic E-state index is 0.0114. The van der Waals surface area contributed by atoms with Crippen LogP contribution in [-0.2, 0) is 20.1 Å². The number of ether oxygens (including phenoxy) is 2. The number of rotatable bonds is 6. The number of aryl methyl sites for hydroxylation is 1. The first-order valence-corrected chi connectivity index (χ1v) is 10.9. The van der Waals surface area contributed by atoms with Crippen molar-refractivity contribution in [3.05, 3.63) is 65.7 Å². The number of halogens is 3. The van der Waals surface area contributed by atoms with Gasteiger partial charge in [-0.25, -0.2) is 4.98 Å². The lowest BCUT2D eigenvalue weighted by atomic mass is 9.94.